The maximum atomic E-state index is 12.8. The molecule has 2 aliphatic rings. The summed E-state index contributed by atoms with van der Waals surface area (Å²) in [7, 11) is 1.61. The van der Waals surface area contributed by atoms with Crippen LogP contribution in [0.3, 0.4) is 0 Å². The smallest absolute Gasteiger partial charge is 0.287 e. The Kier molecular flexibility index (Phi) is 5.03. The number of fused-ring (bicyclic) bond motifs is 4. The predicted octanol–water partition coefficient (Wildman–Crippen LogP) is 4.89. The zero-order chi connectivity index (χ0) is 20.8. The number of carbonyl (C=O) groups excluding carboxylic acids is 1. The molecule has 2 heterocycles. The first kappa shape index (κ1) is 20.1. The van der Waals surface area contributed by atoms with E-state index in [0.29, 0.717) is 17.2 Å². The van der Waals surface area contributed by atoms with Gasteiger partial charge in [0.15, 0.2) is 5.76 Å². The molecule has 29 heavy (non-hydrogen) atoms. The summed E-state index contributed by atoms with van der Waals surface area (Å²) < 4.78 is 11.3. The first-order chi connectivity index (χ1) is 13.7. The molecule has 6 nitrogen and oxygen atoms in total. The number of halogens is 1. The summed E-state index contributed by atoms with van der Waals surface area (Å²) in [6.45, 7) is 8.31. The van der Waals surface area contributed by atoms with Gasteiger partial charge in [-0.15, -0.1) is 0 Å². The third-order valence-electron chi connectivity index (χ3n) is 5.79. The normalized spacial score (nSPS) is 18.3. The zero-order valence-corrected chi connectivity index (χ0v) is 18.0. The number of benzene rings is 1. The molecule has 7 heteroatoms. The second-order valence-electron chi connectivity index (χ2n) is 8.78. The molecular weight excluding hydrogens is 390 g/mol. The van der Waals surface area contributed by atoms with Crippen molar-refractivity contribution in [2.75, 3.05) is 19.0 Å². The van der Waals surface area contributed by atoms with Crippen LogP contribution >= 0.6 is 11.6 Å². The van der Waals surface area contributed by atoms with Crippen LogP contribution in [0.25, 0.3) is 11.0 Å². The van der Waals surface area contributed by atoms with Gasteiger partial charge in [0.25, 0.3) is 5.91 Å². The van der Waals surface area contributed by atoms with Crippen molar-refractivity contribution in [3.05, 3.63) is 40.9 Å². The number of furan rings is 1. The minimum atomic E-state index is -0.507. The van der Waals surface area contributed by atoms with Gasteiger partial charge in [0.2, 0.25) is 0 Å². The lowest BCUT2D eigenvalue weighted by Gasteiger charge is -2.44. The van der Waals surface area contributed by atoms with E-state index in [1.165, 1.54) is 6.42 Å². The van der Waals surface area contributed by atoms with Crippen LogP contribution in [0.1, 0.15) is 62.1 Å². The van der Waals surface area contributed by atoms with E-state index >= 15 is 0 Å². The van der Waals surface area contributed by atoms with Crippen LogP contribution in [0.5, 0.6) is 0 Å². The molecule has 1 aliphatic carbocycles. The van der Waals surface area contributed by atoms with E-state index in [0.717, 1.165) is 48.1 Å². The van der Waals surface area contributed by atoms with E-state index in [1.807, 2.05) is 19.9 Å². The number of hydrogen-bond donors (Lipinski definition) is 3. The van der Waals surface area contributed by atoms with Gasteiger partial charge >= 0.3 is 0 Å². The van der Waals surface area contributed by atoms with Crippen molar-refractivity contribution >= 4 is 34.2 Å². The summed E-state index contributed by atoms with van der Waals surface area (Å²) in [6, 6.07) is 3.61. The summed E-state index contributed by atoms with van der Waals surface area (Å²) in [5.74, 6) is 0.738. The Morgan fingerprint density at radius 1 is 1.34 bits per heavy atom. The number of nitrogens with one attached hydrogen (secondary N) is 3. The molecule has 3 N–H and O–H groups in total. The number of hydrogen-bond acceptors (Lipinski definition) is 5. The second-order valence-corrected chi connectivity index (χ2v) is 9.19. The third-order valence-corrected chi connectivity index (χ3v) is 6.09. The SMILES string of the molecule is C=C1Nc2c(Cl)cc3cc(C(=O)NC(C)(C)COC)oc3c2C2(CCCCC2)N1. The first-order valence-corrected chi connectivity index (χ1v) is 10.4. The molecular formula is C22H28ClN3O3. The van der Waals surface area contributed by atoms with Gasteiger partial charge in [-0.2, -0.15) is 0 Å². The molecule has 0 atom stereocenters. The van der Waals surface area contributed by atoms with Crippen LogP contribution < -0.4 is 16.0 Å². The van der Waals surface area contributed by atoms with Gasteiger partial charge < -0.3 is 25.1 Å². The average molecular weight is 418 g/mol. The van der Waals surface area contributed by atoms with Gasteiger partial charge in [0.05, 0.1) is 34.2 Å². The monoisotopic (exact) mass is 417 g/mol. The highest BCUT2D eigenvalue weighted by atomic mass is 35.5. The molecule has 1 amide bonds. The van der Waals surface area contributed by atoms with Crippen molar-refractivity contribution in [3.8, 4) is 0 Å². The molecule has 0 saturated heterocycles. The van der Waals surface area contributed by atoms with Crippen LogP contribution in [0.4, 0.5) is 5.69 Å². The minimum Gasteiger partial charge on any atom is -0.450 e. The largest absolute Gasteiger partial charge is 0.450 e. The Morgan fingerprint density at radius 3 is 2.76 bits per heavy atom. The molecule has 0 bridgehead atoms. The quantitative estimate of drug-likeness (QED) is 0.660. The van der Waals surface area contributed by atoms with Crippen LogP contribution in [-0.4, -0.2) is 25.2 Å². The predicted molar refractivity (Wildman–Crippen MR) is 115 cm³/mol. The minimum absolute atomic E-state index is 0.268. The van der Waals surface area contributed by atoms with Crippen LogP contribution in [0, 0.1) is 0 Å². The summed E-state index contributed by atoms with van der Waals surface area (Å²) in [4.78, 5) is 12.8. The van der Waals surface area contributed by atoms with Crippen molar-refractivity contribution in [1.82, 2.24) is 10.6 Å². The number of carbonyl (C=O) groups is 1. The first-order valence-electron chi connectivity index (χ1n) is 10.1. The molecule has 1 aromatic carbocycles. The fourth-order valence-corrected chi connectivity index (χ4v) is 4.93. The summed E-state index contributed by atoms with van der Waals surface area (Å²) >= 11 is 6.64. The fraction of sp³-hybridized carbons (Fsp3) is 0.500. The van der Waals surface area contributed by atoms with Crippen molar-refractivity contribution in [1.29, 1.82) is 0 Å². The Hall–Kier alpha value is -2.18. The van der Waals surface area contributed by atoms with Crippen molar-refractivity contribution in [3.63, 3.8) is 0 Å². The highest BCUT2D eigenvalue weighted by Crippen LogP contribution is 2.49. The van der Waals surface area contributed by atoms with Crippen molar-refractivity contribution < 1.29 is 13.9 Å². The maximum Gasteiger partial charge on any atom is 0.287 e. The molecule has 1 aliphatic heterocycles. The molecule has 2 aromatic rings. The van der Waals surface area contributed by atoms with E-state index in [4.69, 9.17) is 20.8 Å². The topological polar surface area (TPSA) is 75.5 Å². The summed E-state index contributed by atoms with van der Waals surface area (Å²) in [5.41, 5.74) is 1.74. The van der Waals surface area contributed by atoms with E-state index in [1.54, 1.807) is 13.2 Å². The summed E-state index contributed by atoms with van der Waals surface area (Å²) in [6.07, 6.45) is 5.39. The van der Waals surface area contributed by atoms with Gasteiger partial charge in [-0.25, -0.2) is 0 Å². The van der Waals surface area contributed by atoms with E-state index in [9.17, 15) is 4.79 Å². The number of anilines is 1. The fourth-order valence-electron chi connectivity index (χ4n) is 4.67. The van der Waals surface area contributed by atoms with E-state index < -0.39 is 5.54 Å². The van der Waals surface area contributed by atoms with Gasteiger partial charge in [-0.05, 0) is 38.8 Å². The Labute approximate surface area is 176 Å². The van der Waals surface area contributed by atoms with Crippen LogP contribution in [0.2, 0.25) is 5.02 Å². The van der Waals surface area contributed by atoms with Gasteiger partial charge in [-0.3, -0.25) is 4.79 Å². The standard InChI is InChI=1S/C22H28ClN3O3/c1-13-24-18-15(23)10-14-11-16(20(27)26-21(2,3)12-28-4)29-19(14)17(18)22(25-13)8-6-5-7-9-22/h10-11,24-25H,1,5-9,12H2,2-4H3,(H,26,27). The second kappa shape index (κ2) is 7.26. The lowest BCUT2D eigenvalue weighted by Crippen LogP contribution is -2.48. The van der Waals surface area contributed by atoms with Crippen LogP contribution in [0.15, 0.2) is 28.9 Å². The molecule has 1 fully saturated rings. The number of amides is 1. The molecule has 4 rings (SSSR count). The maximum absolute atomic E-state index is 12.8. The average Bonchev–Trinajstić information content (AvgIpc) is 3.05. The molecule has 0 unspecified atom stereocenters. The molecule has 1 spiro atoms. The van der Waals surface area contributed by atoms with Crippen molar-refractivity contribution in [2.24, 2.45) is 0 Å². The Morgan fingerprint density at radius 2 is 2.07 bits per heavy atom. The lowest BCUT2D eigenvalue weighted by atomic mass is 9.74. The van der Waals surface area contributed by atoms with Gasteiger partial charge in [-0.1, -0.05) is 37.4 Å². The summed E-state index contributed by atoms with van der Waals surface area (Å²) in [5, 5.41) is 11.2. The molecule has 1 saturated carbocycles. The molecule has 0 radical (unpaired) electrons. The Bertz CT molecular complexity index is 973. The van der Waals surface area contributed by atoms with E-state index in [2.05, 4.69) is 22.5 Å². The highest BCUT2D eigenvalue weighted by molar-refractivity contribution is 6.34. The zero-order valence-electron chi connectivity index (χ0n) is 17.2. The lowest BCUT2D eigenvalue weighted by molar-refractivity contribution is 0.0795. The molecule has 156 valence electrons. The third kappa shape index (κ3) is 3.60. The van der Waals surface area contributed by atoms with E-state index in [-0.39, 0.29) is 17.2 Å². The van der Waals surface area contributed by atoms with Crippen LogP contribution in [-0.2, 0) is 10.3 Å². The number of ether oxygens (including phenoxy) is 1. The van der Waals surface area contributed by atoms with Gasteiger partial charge in [0.1, 0.15) is 5.58 Å². The van der Waals surface area contributed by atoms with Gasteiger partial charge in [0, 0.05) is 18.1 Å². The number of rotatable bonds is 4. The number of methoxy groups -OCH3 is 1. The highest BCUT2D eigenvalue weighted by Gasteiger charge is 2.42. The van der Waals surface area contributed by atoms with Crippen molar-refractivity contribution in [2.45, 2.75) is 57.0 Å². The Balaban J connectivity index is 1.81. The molecule has 1 aromatic heterocycles.